The minimum atomic E-state index is -0.241. The number of halogens is 1. The number of hydrogen-bond donors (Lipinski definition) is 0. The van der Waals surface area contributed by atoms with E-state index in [2.05, 4.69) is 60.4 Å². The molecular formula is C26H28FNO2. The van der Waals surface area contributed by atoms with Crippen molar-refractivity contribution in [1.29, 1.82) is 0 Å². The molecule has 0 aliphatic carbocycles. The second kappa shape index (κ2) is 9.88. The maximum absolute atomic E-state index is 13.8. The summed E-state index contributed by atoms with van der Waals surface area (Å²) in [5.41, 5.74) is 5.85. The third-order valence-corrected chi connectivity index (χ3v) is 5.34. The molecule has 0 spiro atoms. The van der Waals surface area contributed by atoms with Gasteiger partial charge in [0.1, 0.15) is 18.2 Å². The number of aryl methyl sites for hydroxylation is 1. The molecule has 4 heteroatoms. The van der Waals surface area contributed by atoms with Crippen LogP contribution in [0.1, 0.15) is 27.8 Å². The molecule has 156 valence electrons. The van der Waals surface area contributed by atoms with Crippen LogP contribution in [-0.4, -0.2) is 31.3 Å². The number of rotatable bonds is 2. The van der Waals surface area contributed by atoms with E-state index in [1.165, 1.54) is 22.8 Å². The summed E-state index contributed by atoms with van der Waals surface area (Å²) in [6.07, 6.45) is 0.639. The van der Waals surface area contributed by atoms with Crippen LogP contribution in [0.3, 0.4) is 0 Å². The fourth-order valence-electron chi connectivity index (χ4n) is 3.93. The molecule has 0 N–H and O–H groups in total. The zero-order valence-corrected chi connectivity index (χ0v) is 17.4. The number of ether oxygens (including phenoxy) is 2. The van der Waals surface area contributed by atoms with E-state index < -0.39 is 0 Å². The van der Waals surface area contributed by atoms with Crippen molar-refractivity contribution in [1.82, 2.24) is 4.90 Å². The van der Waals surface area contributed by atoms with Crippen LogP contribution >= 0.6 is 0 Å². The molecule has 3 aromatic rings. The summed E-state index contributed by atoms with van der Waals surface area (Å²) >= 11 is 0. The Hall–Kier alpha value is -2.69. The van der Waals surface area contributed by atoms with Gasteiger partial charge in [-0.3, -0.25) is 4.90 Å². The van der Waals surface area contributed by atoms with Gasteiger partial charge in [-0.25, -0.2) is 4.39 Å². The van der Waals surface area contributed by atoms with Crippen molar-refractivity contribution < 1.29 is 13.9 Å². The van der Waals surface area contributed by atoms with Crippen LogP contribution in [-0.2, 0) is 24.2 Å². The third kappa shape index (κ3) is 5.68. The Morgan fingerprint density at radius 3 is 2.67 bits per heavy atom. The van der Waals surface area contributed by atoms with Crippen LogP contribution in [0.2, 0.25) is 0 Å². The van der Waals surface area contributed by atoms with Gasteiger partial charge in [0, 0.05) is 31.6 Å². The lowest BCUT2D eigenvalue weighted by molar-refractivity contribution is 0.0757. The number of benzene rings is 3. The van der Waals surface area contributed by atoms with Crippen molar-refractivity contribution in [3.8, 4) is 5.75 Å². The van der Waals surface area contributed by atoms with Crippen molar-refractivity contribution in [2.45, 2.75) is 26.4 Å². The van der Waals surface area contributed by atoms with Gasteiger partial charge in [-0.05, 0) is 41.8 Å². The van der Waals surface area contributed by atoms with Gasteiger partial charge in [0.25, 0.3) is 0 Å². The zero-order valence-electron chi connectivity index (χ0n) is 17.4. The molecule has 1 aliphatic rings. The quantitative estimate of drug-likeness (QED) is 0.590. The second-order valence-electron chi connectivity index (χ2n) is 7.91. The molecule has 0 saturated heterocycles. The molecule has 30 heavy (non-hydrogen) atoms. The van der Waals surface area contributed by atoms with E-state index in [4.69, 9.17) is 9.47 Å². The van der Waals surface area contributed by atoms with Crippen LogP contribution < -0.4 is 4.74 Å². The lowest BCUT2D eigenvalue weighted by atomic mass is 10.0. The second-order valence-corrected chi connectivity index (χ2v) is 7.91. The van der Waals surface area contributed by atoms with Gasteiger partial charge in [0.05, 0.1) is 13.2 Å². The summed E-state index contributed by atoms with van der Waals surface area (Å²) in [6, 6.07) is 21.9. The van der Waals surface area contributed by atoms with E-state index in [0.717, 1.165) is 36.5 Å². The minimum Gasteiger partial charge on any atom is -0.491 e. The van der Waals surface area contributed by atoms with Crippen LogP contribution in [0.5, 0.6) is 5.75 Å². The minimum absolute atomic E-state index is 0.241. The number of fused-ring (bicyclic) bond motifs is 3. The summed E-state index contributed by atoms with van der Waals surface area (Å²) in [5.74, 6) is 0.485. The Morgan fingerprint density at radius 1 is 0.900 bits per heavy atom. The van der Waals surface area contributed by atoms with Crippen molar-refractivity contribution >= 4 is 0 Å². The third-order valence-electron chi connectivity index (χ3n) is 5.34. The molecule has 0 aromatic heterocycles. The Labute approximate surface area is 178 Å². The first-order valence-electron chi connectivity index (χ1n) is 10.5. The van der Waals surface area contributed by atoms with E-state index in [-0.39, 0.29) is 5.82 Å². The molecule has 0 unspecified atom stereocenters. The largest absolute Gasteiger partial charge is 0.491 e. The lowest BCUT2D eigenvalue weighted by Crippen LogP contribution is -2.27. The average Bonchev–Trinajstić information content (AvgIpc) is 2.71. The normalized spacial score (nSPS) is 15.7. The predicted molar refractivity (Wildman–Crippen MR) is 117 cm³/mol. The molecule has 0 amide bonds. The van der Waals surface area contributed by atoms with Gasteiger partial charge in [0.2, 0.25) is 0 Å². The van der Waals surface area contributed by atoms with Gasteiger partial charge >= 0.3 is 0 Å². The molecule has 1 heterocycles. The summed E-state index contributed by atoms with van der Waals surface area (Å²) in [4.78, 5) is 2.41. The van der Waals surface area contributed by atoms with Crippen LogP contribution in [0, 0.1) is 12.7 Å². The molecule has 2 bridgehead atoms. The Kier molecular flexibility index (Phi) is 6.77. The van der Waals surface area contributed by atoms with E-state index >= 15 is 0 Å². The van der Waals surface area contributed by atoms with Crippen molar-refractivity contribution in [2.24, 2.45) is 0 Å². The van der Waals surface area contributed by atoms with Crippen LogP contribution in [0.15, 0.2) is 66.7 Å². The SMILES string of the molecule is Cc1cccc(CN2CCOCCOc3ccc(F)cc3Cc3cccc(c3)C2)c1. The first kappa shape index (κ1) is 20.6. The topological polar surface area (TPSA) is 21.7 Å². The predicted octanol–water partition coefficient (Wildman–Crippen LogP) is 5.14. The molecule has 4 rings (SSSR count). The van der Waals surface area contributed by atoms with Crippen molar-refractivity contribution in [3.05, 3.63) is 100 Å². The molecule has 3 aromatic carbocycles. The first-order chi connectivity index (χ1) is 14.7. The monoisotopic (exact) mass is 405 g/mol. The van der Waals surface area contributed by atoms with E-state index in [0.29, 0.717) is 26.2 Å². The molecule has 3 nitrogen and oxygen atoms in total. The molecular weight excluding hydrogens is 377 g/mol. The Balaban J connectivity index is 1.58. The van der Waals surface area contributed by atoms with Crippen molar-refractivity contribution in [2.75, 3.05) is 26.4 Å². The van der Waals surface area contributed by atoms with Gasteiger partial charge in [0.15, 0.2) is 0 Å². The van der Waals surface area contributed by atoms with E-state index in [1.807, 2.05) is 0 Å². The molecule has 0 saturated carbocycles. The van der Waals surface area contributed by atoms with Crippen molar-refractivity contribution in [3.63, 3.8) is 0 Å². The highest BCUT2D eigenvalue weighted by Crippen LogP contribution is 2.24. The van der Waals surface area contributed by atoms with Crippen LogP contribution in [0.4, 0.5) is 4.39 Å². The Morgan fingerprint density at radius 2 is 1.77 bits per heavy atom. The van der Waals surface area contributed by atoms with Gasteiger partial charge in [-0.1, -0.05) is 54.1 Å². The summed E-state index contributed by atoms with van der Waals surface area (Å²) < 4.78 is 25.6. The molecule has 0 atom stereocenters. The Bertz CT molecular complexity index is 988. The summed E-state index contributed by atoms with van der Waals surface area (Å²) in [5, 5.41) is 0. The maximum Gasteiger partial charge on any atom is 0.123 e. The van der Waals surface area contributed by atoms with E-state index in [1.54, 1.807) is 12.1 Å². The fourth-order valence-corrected chi connectivity index (χ4v) is 3.93. The highest BCUT2D eigenvalue weighted by atomic mass is 19.1. The first-order valence-corrected chi connectivity index (χ1v) is 10.5. The highest BCUT2D eigenvalue weighted by Gasteiger charge is 2.12. The summed E-state index contributed by atoms with van der Waals surface area (Å²) in [6.45, 7) is 6.30. The maximum atomic E-state index is 13.8. The highest BCUT2D eigenvalue weighted by molar-refractivity contribution is 5.39. The summed E-state index contributed by atoms with van der Waals surface area (Å²) in [7, 11) is 0. The van der Waals surface area contributed by atoms with Gasteiger partial charge < -0.3 is 9.47 Å². The van der Waals surface area contributed by atoms with E-state index in [9.17, 15) is 4.39 Å². The fraction of sp³-hybridized carbons (Fsp3) is 0.308. The number of hydrogen-bond acceptors (Lipinski definition) is 3. The average molecular weight is 406 g/mol. The lowest BCUT2D eigenvalue weighted by Gasteiger charge is -2.23. The molecule has 0 radical (unpaired) electrons. The van der Waals surface area contributed by atoms with Crippen LogP contribution in [0.25, 0.3) is 0 Å². The smallest absolute Gasteiger partial charge is 0.123 e. The van der Waals surface area contributed by atoms with Gasteiger partial charge in [-0.15, -0.1) is 0 Å². The van der Waals surface area contributed by atoms with Gasteiger partial charge in [-0.2, -0.15) is 0 Å². The number of nitrogens with zero attached hydrogens (tertiary/aromatic N) is 1. The zero-order chi connectivity index (χ0) is 20.8. The standard InChI is InChI=1S/C26H28FNO2/c1-20-4-2-6-22(14-20)18-28-10-11-29-12-13-30-26-9-8-25(27)17-24(26)16-21-5-3-7-23(15-21)19-28/h2-9,14-15,17H,10-13,16,18-19H2,1H3. The molecule has 0 fully saturated rings. The molecule has 1 aliphatic heterocycles.